The van der Waals surface area contributed by atoms with Crippen molar-refractivity contribution in [2.24, 2.45) is 0 Å². The number of hydrogen-bond acceptors (Lipinski definition) is 8. The molecule has 100 valence electrons. The highest BCUT2D eigenvalue weighted by Crippen LogP contribution is 2.20. The number of aromatic nitrogens is 3. The second-order valence-corrected chi connectivity index (χ2v) is 3.58. The lowest BCUT2D eigenvalue weighted by atomic mass is 10.3. The van der Waals surface area contributed by atoms with Crippen LogP contribution in [0.5, 0.6) is 0 Å². The summed E-state index contributed by atoms with van der Waals surface area (Å²) >= 11 is 0. The molecule has 2 aromatic heterocycles. The zero-order valence-corrected chi connectivity index (χ0v) is 10.2. The second-order valence-electron chi connectivity index (χ2n) is 3.58. The van der Waals surface area contributed by atoms with Crippen LogP contribution in [0.15, 0.2) is 23.0 Å². The van der Waals surface area contributed by atoms with Crippen LogP contribution in [-0.2, 0) is 6.54 Å². The van der Waals surface area contributed by atoms with E-state index in [1.807, 2.05) is 6.92 Å². The zero-order valence-electron chi connectivity index (χ0n) is 10.2. The van der Waals surface area contributed by atoms with Crippen molar-refractivity contribution in [3.63, 3.8) is 0 Å². The number of anilines is 2. The molecule has 9 heteroatoms. The van der Waals surface area contributed by atoms with Gasteiger partial charge in [0.1, 0.15) is 11.6 Å². The Bertz CT molecular complexity index is 556. The Morgan fingerprint density at radius 2 is 2.11 bits per heavy atom. The topological polar surface area (TPSA) is 119 Å². The fourth-order valence-corrected chi connectivity index (χ4v) is 1.42. The van der Waals surface area contributed by atoms with Gasteiger partial charge in [-0.15, -0.1) is 0 Å². The zero-order chi connectivity index (χ0) is 13.7. The monoisotopic (exact) mass is 264 g/mol. The van der Waals surface area contributed by atoms with Crippen molar-refractivity contribution in [3.8, 4) is 0 Å². The molecule has 2 N–H and O–H groups in total. The van der Waals surface area contributed by atoms with Gasteiger partial charge in [0.2, 0.25) is 6.39 Å². The minimum absolute atomic E-state index is 0.0402. The van der Waals surface area contributed by atoms with Gasteiger partial charge in [-0.2, -0.15) is 4.98 Å². The Morgan fingerprint density at radius 1 is 1.37 bits per heavy atom. The lowest BCUT2D eigenvalue weighted by Crippen LogP contribution is -2.06. The summed E-state index contributed by atoms with van der Waals surface area (Å²) in [7, 11) is 0. The molecule has 19 heavy (non-hydrogen) atoms. The Hall–Kier alpha value is -2.71. The minimum atomic E-state index is -0.470. The molecule has 0 bridgehead atoms. The van der Waals surface area contributed by atoms with E-state index in [0.29, 0.717) is 24.0 Å². The summed E-state index contributed by atoms with van der Waals surface area (Å²) in [5, 5.41) is 20.3. The van der Waals surface area contributed by atoms with E-state index in [0.717, 1.165) is 0 Å². The summed E-state index contributed by atoms with van der Waals surface area (Å²) in [4.78, 5) is 18.4. The molecule has 9 nitrogen and oxygen atoms in total. The summed E-state index contributed by atoms with van der Waals surface area (Å²) in [6.45, 7) is 2.78. The van der Waals surface area contributed by atoms with Crippen molar-refractivity contribution in [2.75, 3.05) is 17.2 Å². The molecule has 0 saturated heterocycles. The first kappa shape index (κ1) is 12.7. The fraction of sp³-hybridized carbons (Fsp3) is 0.300. The second kappa shape index (κ2) is 5.76. The normalized spacial score (nSPS) is 10.2. The molecule has 0 aliphatic rings. The largest absolute Gasteiger partial charge is 0.370 e. The van der Waals surface area contributed by atoms with E-state index in [1.54, 1.807) is 0 Å². The van der Waals surface area contributed by atoms with Crippen LogP contribution in [0, 0.1) is 10.1 Å². The Labute approximate surface area is 108 Å². The summed E-state index contributed by atoms with van der Waals surface area (Å²) in [6, 6.07) is 2.73. The van der Waals surface area contributed by atoms with E-state index in [4.69, 9.17) is 0 Å². The Kier molecular flexibility index (Phi) is 3.86. The first-order chi connectivity index (χ1) is 9.19. The number of nitro groups is 1. The number of nitrogens with zero attached hydrogens (tertiary/aromatic N) is 4. The summed E-state index contributed by atoms with van der Waals surface area (Å²) in [5.41, 5.74) is -0.0402. The van der Waals surface area contributed by atoms with Gasteiger partial charge in [0.15, 0.2) is 5.82 Å². The summed E-state index contributed by atoms with van der Waals surface area (Å²) in [5.74, 6) is 1.25. The third-order valence-corrected chi connectivity index (χ3v) is 2.21. The molecule has 0 unspecified atom stereocenters. The minimum Gasteiger partial charge on any atom is -0.370 e. The van der Waals surface area contributed by atoms with E-state index in [2.05, 4.69) is 30.3 Å². The molecule has 0 atom stereocenters. The Balaban J connectivity index is 2.16. The lowest BCUT2D eigenvalue weighted by molar-refractivity contribution is -0.384. The number of pyridine rings is 1. The molecule has 0 radical (unpaired) electrons. The van der Waals surface area contributed by atoms with Crippen molar-refractivity contribution in [3.05, 3.63) is 34.5 Å². The van der Waals surface area contributed by atoms with Gasteiger partial charge in [0.25, 0.3) is 5.69 Å². The number of nitrogens with one attached hydrogen (secondary N) is 2. The predicted molar refractivity (Wildman–Crippen MR) is 66.7 cm³/mol. The van der Waals surface area contributed by atoms with Crippen LogP contribution in [0.3, 0.4) is 0 Å². The molecule has 0 amide bonds. The average molecular weight is 264 g/mol. The van der Waals surface area contributed by atoms with E-state index in [-0.39, 0.29) is 12.2 Å². The van der Waals surface area contributed by atoms with E-state index < -0.39 is 4.92 Å². The molecule has 2 rings (SSSR count). The molecule has 0 aliphatic carbocycles. The molecule has 0 spiro atoms. The van der Waals surface area contributed by atoms with Crippen LogP contribution in [0.1, 0.15) is 12.7 Å². The maximum atomic E-state index is 10.8. The smallest absolute Gasteiger partial charge is 0.276 e. The van der Waals surface area contributed by atoms with Gasteiger partial charge in [-0.05, 0) is 6.92 Å². The van der Waals surface area contributed by atoms with Crippen LogP contribution >= 0.6 is 0 Å². The first-order valence-electron chi connectivity index (χ1n) is 5.58. The maximum absolute atomic E-state index is 10.8. The summed E-state index contributed by atoms with van der Waals surface area (Å²) < 4.78 is 4.59. The van der Waals surface area contributed by atoms with Gasteiger partial charge in [0.05, 0.1) is 23.6 Å². The first-order valence-corrected chi connectivity index (χ1v) is 5.58. The van der Waals surface area contributed by atoms with E-state index in [9.17, 15) is 10.1 Å². The molecule has 0 aromatic carbocycles. The number of hydrogen-bond donors (Lipinski definition) is 2. The van der Waals surface area contributed by atoms with Gasteiger partial charge >= 0.3 is 0 Å². The molecule has 0 fully saturated rings. The molecular weight excluding hydrogens is 252 g/mol. The molecule has 2 heterocycles. The van der Waals surface area contributed by atoms with Gasteiger partial charge in [-0.1, -0.05) is 5.16 Å². The van der Waals surface area contributed by atoms with Crippen LogP contribution < -0.4 is 10.6 Å². The van der Waals surface area contributed by atoms with Crippen molar-refractivity contribution in [1.29, 1.82) is 0 Å². The molecule has 0 aliphatic heterocycles. The standard InChI is InChI=1S/C10H12N6O3/c1-2-11-8-3-7(16(17)18)4-9(14-8)12-5-10-13-6-19-15-10/h3-4,6H,2,5H2,1H3,(H2,11,12,14). The SMILES string of the molecule is CCNc1cc([N+](=O)[O-])cc(NCc2ncon2)n1. The van der Waals surface area contributed by atoms with Gasteiger partial charge in [-0.3, -0.25) is 10.1 Å². The van der Waals surface area contributed by atoms with Gasteiger partial charge in [-0.25, -0.2) is 4.98 Å². The van der Waals surface area contributed by atoms with Gasteiger partial charge < -0.3 is 15.2 Å². The number of rotatable bonds is 6. The van der Waals surface area contributed by atoms with Crippen molar-refractivity contribution in [1.82, 2.24) is 15.1 Å². The molecule has 0 saturated carbocycles. The lowest BCUT2D eigenvalue weighted by Gasteiger charge is -2.06. The predicted octanol–water partition coefficient (Wildman–Crippen LogP) is 1.42. The highest BCUT2D eigenvalue weighted by Gasteiger charge is 2.11. The molecular formula is C10H12N6O3. The maximum Gasteiger partial charge on any atom is 0.276 e. The van der Waals surface area contributed by atoms with Crippen molar-refractivity contribution < 1.29 is 9.45 Å². The van der Waals surface area contributed by atoms with E-state index >= 15 is 0 Å². The van der Waals surface area contributed by atoms with Crippen LogP contribution in [0.2, 0.25) is 0 Å². The molecule has 2 aromatic rings. The van der Waals surface area contributed by atoms with Crippen LogP contribution in [0.25, 0.3) is 0 Å². The average Bonchev–Trinajstić information content (AvgIpc) is 2.89. The highest BCUT2D eigenvalue weighted by molar-refractivity contribution is 5.54. The van der Waals surface area contributed by atoms with Crippen molar-refractivity contribution in [2.45, 2.75) is 13.5 Å². The third-order valence-electron chi connectivity index (χ3n) is 2.21. The van der Waals surface area contributed by atoms with Crippen molar-refractivity contribution >= 4 is 17.3 Å². The third kappa shape index (κ3) is 3.37. The van der Waals surface area contributed by atoms with Gasteiger partial charge in [0, 0.05) is 6.54 Å². The van der Waals surface area contributed by atoms with Crippen LogP contribution in [-0.4, -0.2) is 26.6 Å². The fourth-order valence-electron chi connectivity index (χ4n) is 1.42. The quantitative estimate of drug-likeness (QED) is 0.593. The summed E-state index contributed by atoms with van der Waals surface area (Å²) in [6.07, 6.45) is 1.21. The van der Waals surface area contributed by atoms with E-state index in [1.165, 1.54) is 18.5 Å². The van der Waals surface area contributed by atoms with Crippen LogP contribution in [0.4, 0.5) is 17.3 Å². The Morgan fingerprint density at radius 3 is 2.68 bits per heavy atom. The highest BCUT2D eigenvalue weighted by atomic mass is 16.6.